The molecule has 126 valence electrons. The van der Waals surface area contributed by atoms with Gasteiger partial charge in [0.15, 0.2) is 0 Å². The van der Waals surface area contributed by atoms with Gasteiger partial charge in [-0.05, 0) is 33.6 Å². The van der Waals surface area contributed by atoms with Crippen molar-refractivity contribution in [2.24, 2.45) is 0 Å². The molecule has 1 aromatic rings. The molecule has 0 radical (unpaired) electrons. The number of H-pyrrole nitrogens is 1. The molecule has 1 saturated carbocycles. The Kier molecular flexibility index (Phi) is 4.04. The summed E-state index contributed by atoms with van der Waals surface area (Å²) >= 11 is 0. The number of rotatable bonds is 2. The maximum Gasteiger partial charge on any atom is 0.410 e. The Morgan fingerprint density at radius 1 is 1.26 bits per heavy atom. The average Bonchev–Trinajstić information content (AvgIpc) is 3.29. The van der Waals surface area contributed by atoms with Gasteiger partial charge in [-0.1, -0.05) is 0 Å². The highest BCUT2D eigenvalue weighted by molar-refractivity contribution is 5.68. The molecule has 7 nitrogen and oxygen atoms in total. The highest BCUT2D eigenvalue weighted by Crippen LogP contribution is 2.38. The van der Waals surface area contributed by atoms with Crippen LogP contribution in [0.25, 0.3) is 0 Å². The maximum atomic E-state index is 12.1. The van der Waals surface area contributed by atoms with Gasteiger partial charge in [-0.3, -0.25) is 9.78 Å². The monoisotopic (exact) mass is 320 g/mol. The summed E-state index contributed by atoms with van der Waals surface area (Å²) in [5.41, 5.74) is 0.296. The van der Waals surface area contributed by atoms with Gasteiger partial charge >= 0.3 is 6.09 Å². The molecule has 2 aliphatic rings. The van der Waals surface area contributed by atoms with E-state index in [-0.39, 0.29) is 11.7 Å². The number of piperazine rings is 1. The summed E-state index contributed by atoms with van der Waals surface area (Å²) in [4.78, 5) is 35.0. The third-order valence-electron chi connectivity index (χ3n) is 3.98. The SMILES string of the molecule is CC(C)(C)OC(=O)N1CCN(c2nc(C3CC3)cc(=O)[nH]2)CC1. The lowest BCUT2D eigenvalue weighted by molar-refractivity contribution is 0.0240. The summed E-state index contributed by atoms with van der Waals surface area (Å²) in [7, 11) is 0. The van der Waals surface area contributed by atoms with Gasteiger partial charge in [-0.25, -0.2) is 9.78 Å². The Labute approximate surface area is 135 Å². The molecule has 0 atom stereocenters. The maximum absolute atomic E-state index is 12.1. The Hall–Kier alpha value is -2.05. The number of carbonyl (C=O) groups is 1. The minimum Gasteiger partial charge on any atom is -0.444 e. The zero-order valence-corrected chi connectivity index (χ0v) is 14.0. The second-order valence-corrected chi connectivity index (χ2v) is 7.22. The molecule has 23 heavy (non-hydrogen) atoms. The summed E-state index contributed by atoms with van der Waals surface area (Å²) in [5.74, 6) is 1.06. The van der Waals surface area contributed by atoms with Crippen LogP contribution < -0.4 is 10.5 Å². The van der Waals surface area contributed by atoms with E-state index in [2.05, 4.69) is 9.97 Å². The summed E-state index contributed by atoms with van der Waals surface area (Å²) in [6, 6.07) is 1.60. The van der Waals surface area contributed by atoms with Crippen molar-refractivity contribution in [3.63, 3.8) is 0 Å². The molecule has 1 aromatic heterocycles. The lowest BCUT2D eigenvalue weighted by Gasteiger charge is -2.35. The van der Waals surface area contributed by atoms with E-state index in [0.29, 0.717) is 38.0 Å². The van der Waals surface area contributed by atoms with Crippen LogP contribution in [0.15, 0.2) is 10.9 Å². The zero-order chi connectivity index (χ0) is 16.6. The van der Waals surface area contributed by atoms with E-state index >= 15 is 0 Å². The van der Waals surface area contributed by atoms with Crippen molar-refractivity contribution in [3.05, 3.63) is 22.1 Å². The van der Waals surface area contributed by atoms with Crippen molar-refractivity contribution in [2.75, 3.05) is 31.1 Å². The van der Waals surface area contributed by atoms with Crippen molar-refractivity contribution in [1.82, 2.24) is 14.9 Å². The quantitative estimate of drug-likeness (QED) is 0.897. The molecular weight excluding hydrogens is 296 g/mol. The van der Waals surface area contributed by atoms with Gasteiger partial charge in [-0.15, -0.1) is 0 Å². The molecule has 3 rings (SSSR count). The molecule has 0 spiro atoms. The van der Waals surface area contributed by atoms with Crippen molar-refractivity contribution < 1.29 is 9.53 Å². The van der Waals surface area contributed by atoms with E-state index in [1.165, 1.54) is 0 Å². The van der Waals surface area contributed by atoms with Crippen molar-refractivity contribution >= 4 is 12.0 Å². The number of anilines is 1. The molecule has 0 aromatic carbocycles. The predicted octanol–water partition coefficient (Wildman–Crippen LogP) is 1.70. The average molecular weight is 320 g/mol. The van der Waals surface area contributed by atoms with E-state index in [0.717, 1.165) is 18.5 Å². The highest BCUT2D eigenvalue weighted by atomic mass is 16.6. The molecule has 7 heteroatoms. The van der Waals surface area contributed by atoms with Crippen LogP contribution in [0.1, 0.15) is 45.2 Å². The molecule has 2 heterocycles. The smallest absolute Gasteiger partial charge is 0.410 e. The number of amides is 1. The Bertz CT molecular complexity index is 637. The number of nitrogens with zero attached hydrogens (tertiary/aromatic N) is 3. The predicted molar refractivity (Wildman–Crippen MR) is 86.9 cm³/mol. The molecule has 1 N–H and O–H groups in total. The minimum absolute atomic E-state index is 0.105. The standard InChI is InChI=1S/C16H24N4O3/c1-16(2,3)23-15(22)20-8-6-19(7-9-20)14-17-12(11-4-5-11)10-13(21)18-14/h10-11H,4-9H2,1-3H3,(H,17,18,21). The molecular formula is C16H24N4O3. The van der Waals surface area contributed by atoms with Crippen LogP contribution in [-0.2, 0) is 4.74 Å². The number of aromatic nitrogens is 2. The van der Waals surface area contributed by atoms with Gasteiger partial charge < -0.3 is 14.5 Å². The van der Waals surface area contributed by atoms with Gasteiger partial charge in [-0.2, -0.15) is 0 Å². The van der Waals surface area contributed by atoms with Crippen molar-refractivity contribution in [3.8, 4) is 0 Å². The largest absolute Gasteiger partial charge is 0.444 e. The Morgan fingerprint density at radius 3 is 2.48 bits per heavy atom. The van der Waals surface area contributed by atoms with Crippen LogP contribution in [0, 0.1) is 0 Å². The van der Waals surface area contributed by atoms with Crippen LogP contribution in [0.4, 0.5) is 10.7 Å². The van der Waals surface area contributed by atoms with E-state index in [1.807, 2.05) is 25.7 Å². The van der Waals surface area contributed by atoms with Crippen LogP contribution in [0.5, 0.6) is 0 Å². The van der Waals surface area contributed by atoms with Crippen LogP contribution in [0.3, 0.4) is 0 Å². The topological polar surface area (TPSA) is 78.5 Å². The number of hydrogen-bond donors (Lipinski definition) is 1. The summed E-state index contributed by atoms with van der Waals surface area (Å²) in [5, 5.41) is 0. The Morgan fingerprint density at radius 2 is 1.91 bits per heavy atom. The first-order chi connectivity index (χ1) is 10.8. The van der Waals surface area contributed by atoms with Gasteiger partial charge in [0, 0.05) is 38.2 Å². The normalized spacial score (nSPS) is 18.9. The second-order valence-electron chi connectivity index (χ2n) is 7.22. The number of hydrogen-bond acceptors (Lipinski definition) is 5. The van der Waals surface area contributed by atoms with E-state index in [9.17, 15) is 9.59 Å². The van der Waals surface area contributed by atoms with Gasteiger partial charge in [0.05, 0.1) is 5.69 Å². The third-order valence-corrected chi connectivity index (χ3v) is 3.98. The molecule has 1 saturated heterocycles. The fraction of sp³-hybridized carbons (Fsp3) is 0.688. The van der Waals surface area contributed by atoms with Crippen LogP contribution >= 0.6 is 0 Å². The minimum atomic E-state index is -0.487. The Balaban J connectivity index is 1.63. The zero-order valence-electron chi connectivity index (χ0n) is 14.0. The number of carbonyl (C=O) groups excluding carboxylic acids is 1. The van der Waals surface area contributed by atoms with Crippen LogP contribution in [0.2, 0.25) is 0 Å². The van der Waals surface area contributed by atoms with Crippen molar-refractivity contribution in [1.29, 1.82) is 0 Å². The fourth-order valence-electron chi connectivity index (χ4n) is 2.63. The molecule has 1 aliphatic heterocycles. The van der Waals surface area contributed by atoms with Gasteiger partial charge in [0.25, 0.3) is 5.56 Å². The first-order valence-corrected chi connectivity index (χ1v) is 8.16. The molecule has 0 bridgehead atoms. The second kappa shape index (κ2) is 5.86. The summed E-state index contributed by atoms with van der Waals surface area (Å²) in [6.07, 6.45) is 1.94. The van der Waals surface area contributed by atoms with Crippen LogP contribution in [-0.4, -0.2) is 52.7 Å². The van der Waals surface area contributed by atoms with E-state index in [4.69, 9.17) is 4.74 Å². The van der Waals surface area contributed by atoms with Crippen molar-refractivity contribution in [2.45, 2.75) is 45.1 Å². The number of aromatic amines is 1. The first kappa shape index (κ1) is 15.8. The third kappa shape index (κ3) is 4.03. The lowest BCUT2D eigenvalue weighted by Crippen LogP contribution is -2.50. The first-order valence-electron chi connectivity index (χ1n) is 8.16. The number of ether oxygens (including phenoxy) is 1. The van der Waals surface area contributed by atoms with Gasteiger partial charge in [0.1, 0.15) is 5.60 Å². The fourth-order valence-corrected chi connectivity index (χ4v) is 2.63. The molecule has 0 unspecified atom stereocenters. The van der Waals surface area contributed by atoms with Gasteiger partial charge in [0.2, 0.25) is 5.95 Å². The number of nitrogens with one attached hydrogen (secondary N) is 1. The molecule has 1 amide bonds. The lowest BCUT2D eigenvalue weighted by atomic mass is 10.2. The van der Waals surface area contributed by atoms with E-state index < -0.39 is 5.60 Å². The highest BCUT2D eigenvalue weighted by Gasteiger charge is 2.29. The molecule has 2 fully saturated rings. The summed E-state index contributed by atoms with van der Waals surface area (Å²) in [6.45, 7) is 7.97. The molecule has 1 aliphatic carbocycles. The van der Waals surface area contributed by atoms with E-state index in [1.54, 1.807) is 11.0 Å². The summed E-state index contributed by atoms with van der Waals surface area (Å²) < 4.78 is 5.39.